The molecule has 8 atom stereocenters. The normalized spacial score (nSPS) is 35.3. The minimum Gasteiger partial charge on any atom is -0.473 e. The minimum atomic E-state index is -0.579. The van der Waals surface area contributed by atoms with Crippen LogP contribution in [0.2, 0.25) is 0 Å². The smallest absolute Gasteiger partial charge is 0.338 e. The second-order valence-corrected chi connectivity index (χ2v) is 8.69. The maximum Gasteiger partial charge on any atom is 0.338 e. The molecule has 5 saturated heterocycles. The van der Waals surface area contributed by atoms with Gasteiger partial charge in [-0.1, -0.05) is 12.2 Å². The van der Waals surface area contributed by atoms with Gasteiger partial charge in [0.1, 0.15) is 11.8 Å². The Morgan fingerprint density at radius 2 is 1.03 bits per heavy atom. The van der Waals surface area contributed by atoms with Crippen LogP contribution in [0.15, 0.2) is 53.4 Å². The minimum absolute atomic E-state index is 0. The number of esters is 6. The van der Waals surface area contributed by atoms with Crippen molar-refractivity contribution in [3.8, 4) is 0 Å². The second-order valence-electron chi connectivity index (χ2n) is 8.69. The van der Waals surface area contributed by atoms with Gasteiger partial charge in [-0.25, -0.2) is 9.59 Å². The molecule has 8 unspecified atom stereocenters. The summed E-state index contributed by atoms with van der Waals surface area (Å²) < 4.78 is 28.4. The summed E-state index contributed by atoms with van der Waals surface area (Å²) in [6.45, 7) is 0. The van der Waals surface area contributed by atoms with E-state index in [1.54, 1.807) is 12.5 Å². The van der Waals surface area contributed by atoms with Gasteiger partial charge in [-0.15, -0.1) is 0 Å². The zero-order valence-electron chi connectivity index (χ0n) is 19.9. The SMILES string of the molecule is O=C1C=CC(=O)O1.O=C1OC(=O)C2C3C=CC(O3)C12.O=C1OC(=O)C2C3CCC(O3)C12.[CH3-].[HH].[Pd].c1ccoc1. The third-order valence-corrected chi connectivity index (χ3v) is 6.65. The number of hydrogen-bond donors (Lipinski definition) is 0. The van der Waals surface area contributed by atoms with Crippen LogP contribution in [-0.2, 0) is 72.9 Å². The Balaban J connectivity index is 0.000000187. The molecule has 13 heteroatoms. The summed E-state index contributed by atoms with van der Waals surface area (Å²) in [6, 6.07) is 3.67. The van der Waals surface area contributed by atoms with Crippen LogP contribution in [-0.4, -0.2) is 60.2 Å². The molecule has 0 N–H and O–H groups in total. The summed E-state index contributed by atoms with van der Waals surface area (Å²) in [5.74, 6) is -4.07. The number of carbonyl (C=O) groups excluding carboxylic acids is 6. The van der Waals surface area contributed by atoms with Crippen molar-refractivity contribution in [1.29, 1.82) is 0 Å². The fraction of sp³-hybridized carbons (Fsp3) is 0.400. The van der Waals surface area contributed by atoms with Crippen molar-refractivity contribution in [2.24, 2.45) is 23.7 Å². The summed E-state index contributed by atoms with van der Waals surface area (Å²) in [6.07, 6.45) is 10.3. The van der Waals surface area contributed by atoms with Crippen molar-refractivity contribution in [2.75, 3.05) is 0 Å². The van der Waals surface area contributed by atoms with Crippen LogP contribution in [0.4, 0.5) is 0 Å². The molecule has 4 bridgehead atoms. The van der Waals surface area contributed by atoms with E-state index in [9.17, 15) is 28.8 Å². The predicted octanol–water partition coefficient (Wildman–Crippen LogP) is 1.10. The first-order valence-electron chi connectivity index (χ1n) is 11.2. The third kappa shape index (κ3) is 5.61. The molecule has 12 nitrogen and oxygen atoms in total. The Kier molecular flexibility index (Phi) is 9.32. The number of rotatable bonds is 0. The zero-order chi connectivity index (χ0) is 25.4. The first-order valence-corrected chi connectivity index (χ1v) is 11.2. The molecule has 0 spiro atoms. The molecule has 0 aliphatic carbocycles. The first-order chi connectivity index (χ1) is 17.3. The van der Waals surface area contributed by atoms with Crippen molar-refractivity contribution in [3.05, 3.63) is 56.4 Å². The van der Waals surface area contributed by atoms with Crippen LogP contribution in [0, 0.1) is 31.1 Å². The zero-order valence-corrected chi connectivity index (χ0v) is 21.4. The topological polar surface area (TPSA) is 162 Å². The third-order valence-electron chi connectivity index (χ3n) is 6.65. The number of hydrogen-bond acceptors (Lipinski definition) is 12. The predicted molar refractivity (Wildman–Crippen MR) is 119 cm³/mol. The maximum atomic E-state index is 11.1. The monoisotopic (exact) mass is 623 g/mol. The number of cyclic esters (lactones) is 6. The average Bonchev–Trinajstić information content (AvgIpc) is 3.69. The Morgan fingerprint density at radius 1 is 0.605 bits per heavy atom. The van der Waals surface area contributed by atoms with Crippen LogP contribution >= 0.6 is 0 Å². The molecule has 8 rings (SSSR count). The molecule has 0 radical (unpaired) electrons. The van der Waals surface area contributed by atoms with Gasteiger partial charge in [0.25, 0.3) is 0 Å². The summed E-state index contributed by atoms with van der Waals surface area (Å²) in [5.41, 5.74) is 0. The van der Waals surface area contributed by atoms with E-state index in [4.69, 9.17) is 9.47 Å². The van der Waals surface area contributed by atoms with Gasteiger partial charge in [-0.3, -0.25) is 19.2 Å². The molecule has 8 heterocycles. The van der Waals surface area contributed by atoms with Crippen LogP contribution in [0.3, 0.4) is 0 Å². The first kappa shape index (κ1) is 29.3. The number of ether oxygens (including phenoxy) is 5. The van der Waals surface area contributed by atoms with Gasteiger partial charge in [0.2, 0.25) is 0 Å². The number of carbonyl (C=O) groups is 6. The quantitative estimate of drug-likeness (QED) is 0.101. The van der Waals surface area contributed by atoms with Gasteiger partial charge < -0.3 is 35.5 Å². The van der Waals surface area contributed by atoms with E-state index < -0.39 is 23.9 Å². The van der Waals surface area contributed by atoms with E-state index in [2.05, 4.69) is 18.6 Å². The Labute approximate surface area is 231 Å². The van der Waals surface area contributed by atoms with Crippen LogP contribution < -0.4 is 0 Å². The van der Waals surface area contributed by atoms with Crippen molar-refractivity contribution >= 4 is 35.8 Å². The van der Waals surface area contributed by atoms with Crippen molar-refractivity contribution < 1.29 is 78.7 Å². The second kappa shape index (κ2) is 12.1. The van der Waals surface area contributed by atoms with Crippen LogP contribution in [0.5, 0.6) is 0 Å². The molecule has 5 fully saturated rings. The van der Waals surface area contributed by atoms with E-state index >= 15 is 0 Å². The van der Waals surface area contributed by atoms with Gasteiger partial charge in [0.15, 0.2) is 0 Å². The molecule has 38 heavy (non-hydrogen) atoms. The van der Waals surface area contributed by atoms with Gasteiger partial charge in [0.05, 0.1) is 48.8 Å². The van der Waals surface area contributed by atoms with E-state index in [1.807, 2.05) is 24.3 Å². The maximum absolute atomic E-state index is 11.1. The number of furan rings is 1. The van der Waals surface area contributed by atoms with E-state index in [-0.39, 0.29) is 89.3 Å². The van der Waals surface area contributed by atoms with Crippen LogP contribution in [0.1, 0.15) is 14.3 Å². The Bertz CT molecular complexity index is 1070. The van der Waals surface area contributed by atoms with Gasteiger partial charge >= 0.3 is 35.8 Å². The fourth-order valence-electron chi connectivity index (χ4n) is 5.15. The molecule has 7 aliphatic rings. The summed E-state index contributed by atoms with van der Waals surface area (Å²) in [7, 11) is 0. The van der Waals surface area contributed by atoms with Crippen molar-refractivity contribution in [1.82, 2.24) is 0 Å². The largest absolute Gasteiger partial charge is 0.473 e. The molecule has 7 aliphatic heterocycles. The summed E-state index contributed by atoms with van der Waals surface area (Å²) in [5, 5.41) is 0. The van der Waals surface area contributed by atoms with E-state index in [1.165, 1.54) is 0 Å². The molecule has 0 amide bonds. The standard InChI is InChI=1S/C8H8O4.C8H6O4.C4H2O3.C4H4O.CH3.Pd.H2/c2*9-7-5-3-1-2-4(11-3)6(5)8(10)12-7;5-3-1-2-4(6)7-3;1-2-4-5-3-1;;;/h3-6H,1-2H2;1-6H;1-2H;1-4H;1H3;;1H/q;;;;-1;;. The average molecular weight is 624 g/mol. The van der Waals surface area contributed by atoms with E-state index in [0.717, 1.165) is 25.0 Å². The summed E-state index contributed by atoms with van der Waals surface area (Å²) in [4.78, 5) is 64.3. The van der Waals surface area contributed by atoms with Gasteiger partial charge in [-0.2, -0.15) is 0 Å². The van der Waals surface area contributed by atoms with Crippen LogP contribution in [0.25, 0.3) is 0 Å². The van der Waals surface area contributed by atoms with Crippen molar-refractivity contribution in [2.45, 2.75) is 37.3 Å². The molecule has 0 aromatic carbocycles. The molecule has 1 aromatic heterocycles. The number of fused-ring (bicyclic) bond motifs is 10. The molecular weight excluding hydrogens is 599 g/mol. The van der Waals surface area contributed by atoms with Crippen molar-refractivity contribution in [3.63, 3.8) is 0 Å². The Hall–Kier alpha value is -3.24. The summed E-state index contributed by atoms with van der Waals surface area (Å²) >= 11 is 0. The molecule has 208 valence electrons. The van der Waals surface area contributed by atoms with Gasteiger partial charge in [0, 0.05) is 34.0 Å². The molecular formula is C25H25O12Pd-. The fourth-order valence-corrected chi connectivity index (χ4v) is 5.15. The van der Waals surface area contributed by atoms with Gasteiger partial charge in [-0.05, 0) is 25.0 Å². The molecule has 1 aromatic rings. The molecule has 0 saturated carbocycles. The Morgan fingerprint density at radius 3 is 1.37 bits per heavy atom. The van der Waals surface area contributed by atoms with E-state index in [0.29, 0.717) is 0 Å².